The van der Waals surface area contributed by atoms with Crippen LogP contribution in [-0.4, -0.2) is 23.1 Å². The summed E-state index contributed by atoms with van der Waals surface area (Å²) in [5, 5.41) is 2.22. The second-order valence-electron chi connectivity index (χ2n) is 6.86. The first-order chi connectivity index (χ1) is 12.5. The molecular weight excluding hydrogens is 370 g/mol. The van der Waals surface area contributed by atoms with Crippen molar-refractivity contribution in [2.24, 2.45) is 0 Å². The normalized spacial score (nSPS) is 15.5. The Hall–Kier alpha value is -1.81. The van der Waals surface area contributed by atoms with E-state index in [-0.39, 0.29) is 5.82 Å². The van der Waals surface area contributed by atoms with Gasteiger partial charge in [0, 0.05) is 36.8 Å². The number of hydrogen-bond donors (Lipinski definition) is 0. The lowest BCUT2D eigenvalue weighted by Gasteiger charge is -2.23. The van der Waals surface area contributed by atoms with Crippen molar-refractivity contribution < 1.29 is 4.39 Å². The van der Waals surface area contributed by atoms with Crippen molar-refractivity contribution >= 4 is 45.9 Å². The van der Waals surface area contributed by atoms with Gasteiger partial charge >= 0.3 is 0 Å². The molecule has 134 valence electrons. The second-order valence-corrected chi connectivity index (χ2v) is 7.64. The van der Waals surface area contributed by atoms with Gasteiger partial charge in [0.15, 0.2) is 0 Å². The molecule has 0 unspecified atom stereocenters. The minimum Gasteiger partial charge on any atom is -0.320 e. The van der Waals surface area contributed by atoms with Crippen LogP contribution in [0.25, 0.3) is 22.7 Å². The number of benzene rings is 2. The molecule has 1 aromatic heterocycles. The van der Waals surface area contributed by atoms with E-state index < -0.39 is 0 Å². The minimum absolute atomic E-state index is 0.227. The van der Waals surface area contributed by atoms with Crippen molar-refractivity contribution in [2.75, 3.05) is 13.6 Å². The van der Waals surface area contributed by atoms with Crippen molar-refractivity contribution in [2.45, 2.75) is 19.9 Å². The molecule has 2 heterocycles. The van der Waals surface area contributed by atoms with Crippen molar-refractivity contribution in [1.29, 1.82) is 0 Å². The van der Waals surface area contributed by atoms with Crippen LogP contribution in [-0.2, 0) is 13.0 Å². The Morgan fingerprint density at radius 3 is 2.58 bits per heavy atom. The maximum absolute atomic E-state index is 13.2. The van der Waals surface area contributed by atoms with Crippen LogP contribution in [0.4, 0.5) is 4.39 Å². The predicted octanol–water partition coefficient (Wildman–Crippen LogP) is 6.09. The summed E-state index contributed by atoms with van der Waals surface area (Å²) in [5.74, 6) is -0.227. The van der Waals surface area contributed by atoms with Crippen molar-refractivity contribution in [3.63, 3.8) is 0 Å². The highest BCUT2D eigenvalue weighted by atomic mass is 35.5. The number of hydrogen-bond acceptors (Lipinski definition) is 1. The highest BCUT2D eigenvalue weighted by Gasteiger charge is 2.24. The number of likely N-dealkylation sites (N-methyl/N-ethyl adjacent to an activating group) is 1. The molecule has 26 heavy (non-hydrogen) atoms. The van der Waals surface area contributed by atoms with E-state index in [0.717, 1.165) is 41.5 Å². The summed E-state index contributed by atoms with van der Waals surface area (Å²) in [6.45, 7) is 3.89. The van der Waals surface area contributed by atoms with E-state index in [1.54, 1.807) is 12.1 Å². The summed E-state index contributed by atoms with van der Waals surface area (Å²) < 4.78 is 15.4. The Morgan fingerprint density at radius 1 is 1.12 bits per heavy atom. The summed E-state index contributed by atoms with van der Waals surface area (Å²) in [6.07, 6.45) is 3.06. The largest absolute Gasteiger partial charge is 0.320 e. The fourth-order valence-corrected chi connectivity index (χ4v) is 4.11. The molecule has 0 N–H and O–H groups in total. The zero-order valence-corrected chi connectivity index (χ0v) is 16.2. The van der Waals surface area contributed by atoms with Crippen LogP contribution in [0.5, 0.6) is 0 Å². The van der Waals surface area contributed by atoms with Crippen molar-refractivity contribution in [3.8, 4) is 0 Å². The first-order valence-corrected chi connectivity index (χ1v) is 9.34. The summed E-state index contributed by atoms with van der Waals surface area (Å²) >= 11 is 12.9. The number of aromatic nitrogens is 1. The highest BCUT2D eigenvalue weighted by molar-refractivity contribution is 6.45. The molecule has 0 spiro atoms. The second kappa shape index (κ2) is 6.73. The molecule has 1 aliphatic rings. The Bertz CT molecular complexity index is 1020. The lowest BCUT2D eigenvalue weighted by atomic mass is 10.0. The highest BCUT2D eigenvalue weighted by Crippen LogP contribution is 2.39. The van der Waals surface area contributed by atoms with Gasteiger partial charge in [-0.05, 0) is 54.9 Å². The number of fused-ring (bicyclic) bond motifs is 3. The molecule has 2 nitrogen and oxygen atoms in total. The van der Waals surface area contributed by atoms with E-state index in [9.17, 15) is 4.39 Å². The van der Waals surface area contributed by atoms with Gasteiger partial charge in [0.05, 0.1) is 15.6 Å². The maximum Gasteiger partial charge on any atom is 0.123 e. The smallest absolute Gasteiger partial charge is 0.123 e. The molecule has 2 aromatic carbocycles. The molecule has 0 atom stereocenters. The molecule has 0 saturated carbocycles. The van der Waals surface area contributed by atoms with Gasteiger partial charge in [-0.1, -0.05) is 35.3 Å². The average Bonchev–Trinajstić information content (AvgIpc) is 2.92. The molecule has 0 fully saturated rings. The SMILES string of the molecule is C/C(=C\n1c2c(c3c(Cl)c(Cl)ccc31)CN(C)CC2)c1ccc(F)cc1. The maximum atomic E-state index is 13.2. The Balaban J connectivity index is 1.94. The Labute approximate surface area is 162 Å². The van der Waals surface area contributed by atoms with Crippen LogP contribution in [0.3, 0.4) is 0 Å². The van der Waals surface area contributed by atoms with Gasteiger partial charge in [-0.3, -0.25) is 0 Å². The number of rotatable bonds is 2. The summed E-state index contributed by atoms with van der Waals surface area (Å²) in [7, 11) is 2.12. The van der Waals surface area contributed by atoms with E-state index in [2.05, 4.69) is 22.7 Å². The third-order valence-corrected chi connectivity index (χ3v) is 5.86. The lowest BCUT2D eigenvalue weighted by molar-refractivity contribution is 0.312. The van der Waals surface area contributed by atoms with Crippen LogP contribution >= 0.6 is 23.2 Å². The summed E-state index contributed by atoms with van der Waals surface area (Å²) in [5.41, 5.74) is 5.62. The molecule has 0 radical (unpaired) electrons. The van der Waals surface area contributed by atoms with Crippen LogP contribution in [0.15, 0.2) is 36.4 Å². The Kier molecular flexibility index (Phi) is 4.55. The lowest BCUT2D eigenvalue weighted by Crippen LogP contribution is -2.26. The van der Waals surface area contributed by atoms with E-state index in [0.29, 0.717) is 10.0 Å². The number of halogens is 3. The van der Waals surface area contributed by atoms with E-state index in [1.807, 2.05) is 19.1 Å². The zero-order valence-electron chi connectivity index (χ0n) is 14.7. The van der Waals surface area contributed by atoms with Gasteiger partial charge in [-0.2, -0.15) is 0 Å². The van der Waals surface area contributed by atoms with Crippen molar-refractivity contribution in [1.82, 2.24) is 9.47 Å². The molecule has 3 aromatic rings. The van der Waals surface area contributed by atoms with Crippen LogP contribution in [0.1, 0.15) is 23.7 Å². The summed E-state index contributed by atoms with van der Waals surface area (Å²) in [4.78, 5) is 2.29. The quantitative estimate of drug-likeness (QED) is 0.515. The molecule has 4 rings (SSSR count). The predicted molar refractivity (Wildman–Crippen MR) is 108 cm³/mol. The van der Waals surface area contributed by atoms with E-state index >= 15 is 0 Å². The average molecular weight is 389 g/mol. The van der Waals surface area contributed by atoms with Crippen LogP contribution < -0.4 is 0 Å². The number of allylic oxidation sites excluding steroid dienone is 1. The van der Waals surface area contributed by atoms with Gasteiger partial charge in [-0.15, -0.1) is 0 Å². The van der Waals surface area contributed by atoms with E-state index in [1.165, 1.54) is 23.4 Å². The van der Waals surface area contributed by atoms with Gasteiger partial charge in [0.2, 0.25) is 0 Å². The van der Waals surface area contributed by atoms with Crippen LogP contribution in [0.2, 0.25) is 10.0 Å². The molecule has 0 saturated heterocycles. The zero-order chi connectivity index (χ0) is 18.4. The third kappa shape index (κ3) is 2.94. The van der Waals surface area contributed by atoms with Gasteiger partial charge in [-0.25, -0.2) is 4.39 Å². The molecule has 1 aliphatic heterocycles. The van der Waals surface area contributed by atoms with Gasteiger partial charge in [0.1, 0.15) is 5.82 Å². The Morgan fingerprint density at radius 2 is 1.85 bits per heavy atom. The fraction of sp³-hybridized carbons (Fsp3) is 0.238. The first kappa shape index (κ1) is 17.6. The van der Waals surface area contributed by atoms with Gasteiger partial charge < -0.3 is 9.47 Å². The molecule has 0 aliphatic carbocycles. The molecule has 0 amide bonds. The molecular formula is C21H19Cl2FN2. The number of nitrogens with zero attached hydrogens (tertiary/aromatic N) is 2. The molecule has 5 heteroatoms. The molecule has 0 bridgehead atoms. The fourth-order valence-electron chi connectivity index (χ4n) is 3.68. The topological polar surface area (TPSA) is 8.17 Å². The van der Waals surface area contributed by atoms with Crippen LogP contribution in [0, 0.1) is 5.82 Å². The third-order valence-electron chi connectivity index (χ3n) is 5.05. The monoisotopic (exact) mass is 388 g/mol. The standard InChI is InChI=1S/C21H19Cl2FN2/c1-13(14-3-5-15(24)6-4-14)11-26-18-9-10-25(2)12-16(18)20-19(26)8-7-17(22)21(20)23/h3-8,11H,9-10,12H2,1-2H3/b13-11+. The summed E-state index contributed by atoms with van der Waals surface area (Å²) in [6, 6.07) is 10.5. The van der Waals surface area contributed by atoms with Gasteiger partial charge in [0.25, 0.3) is 0 Å². The van der Waals surface area contributed by atoms with Crippen molar-refractivity contribution in [3.05, 3.63) is 69.1 Å². The van der Waals surface area contributed by atoms with E-state index in [4.69, 9.17) is 23.2 Å². The minimum atomic E-state index is -0.227. The first-order valence-electron chi connectivity index (χ1n) is 8.58.